The smallest absolute Gasteiger partial charge is 0.338 e. The average molecular weight is 815 g/mol. The van der Waals surface area contributed by atoms with Crippen molar-refractivity contribution in [3.05, 3.63) is 106 Å². The number of nitro groups is 1. The molecule has 0 aliphatic rings. The average Bonchev–Trinajstić information content (AvgIpc) is 3.16. The number of oxime groups is 2. The van der Waals surface area contributed by atoms with Gasteiger partial charge in [-0.25, -0.2) is 18.4 Å². The van der Waals surface area contributed by atoms with Gasteiger partial charge >= 0.3 is 11.9 Å². The zero-order chi connectivity index (χ0) is 38.7. The van der Waals surface area contributed by atoms with Crippen LogP contribution in [0.4, 0.5) is 14.5 Å². The van der Waals surface area contributed by atoms with Gasteiger partial charge in [-0.2, -0.15) is 8.42 Å². The molecule has 3 aromatic carbocycles. The number of hydrogen-bond donors (Lipinski definition) is 0. The van der Waals surface area contributed by atoms with Gasteiger partial charge in [-0.15, -0.1) is 0 Å². The van der Waals surface area contributed by atoms with Crippen molar-refractivity contribution in [2.75, 3.05) is 14.2 Å². The quantitative estimate of drug-likeness (QED) is 0.0336. The van der Waals surface area contributed by atoms with E-state index in [9.17, 15) is 32.5 Å². The van der Waals surface area contributed by atoms with Gasteiger partial charge in [0.05, 0.1) is 33.4 Å². The number of alkyl halides is 3. The van der Waals surface area contributed by atoms with E-state index in [1.807, 2.05) is 6.92 Å². The lowest BCUT2D eigenvalue weighted by Gasteiger charge is -2.24. The lowest BCUT2D eigenvalue weighted by atomic mass is 10.1. The van der Waals surface area contributed by atoms with Crippen molar-refractivity contribution in [1.29, 1.82) is 0 Å². The van der Waals surface area contributed by atoms with Crippen LogP contribution >= 0.6 is 15.9 Å². The number of carbonyl (C=O) groups is 2. The van der Waals surface area contributed by atoms with Crippen molar-refractivity contribution in [2.24, 2.45) is 10.3 Å². The number of non-ortho nitro benzene ring substituents is 1. The molecule has 0 heterocycles. The molecule has 0 aliphatic carbocycles. The summed E-state index contributed by atoms with van der Waals surface area (Å²) in [5, 5.41) is 17.7. The first-order valence-electron chi connectivity index (χ1n) is 15.5. The standard InChI is InChI=1S/C20H21FN2O8S.C14H17BrFNO3/c1-3-17(31-32(27,28)16-11-9-15(10-12-16)23(25)26)19(21)18(13-22-29-2)30-20(24)14-7-5-4-6-8-14;1-3-11(15)13(16)12(9-17-19-2)20-14(18)10-7-5-4-6-8-10/h4-13,17-19H,3H2,1-2H3;4-9,11-13H,3H2,1-2H3/t17-,18+,19-;11-,12-,13+/m10/s1. The summed E-state index contributed by atoms with van der Waals surface area (Å²) < 4.78 is 69.8. The highest BCUT2D eigenvalue weighted by atomic mass is 79.9. The summed E-state index contributed by atoms with van der Waals surface area (Å²) in [5.41, 5.74) is 0.198. The molecule has 282 valence electrons. The molecule has 52 heavy (non-hydrogen) atoms. The molecule has 6 atom stereocenters. The minimum atomic E-state index is -4.47. The van der Waals surface area contributed by atoms with Crippen LogP contribution in [-0.4, -0.2) is 87.4 Å². The van der Waals surface area contributed by atoms with Gasteiger partial charge in [0.2, 0.25) is 0 Å². The Morgan fingerprint density at radius 2 is 1.23 bits per heavy atom. The molecule has 0 spiro atoms. The Kier molecular flexibility index (Phi) is 18.5. The van der Waals surface area contributed by atoms with Crippen LogP contribution in [0, 0.1) is 10.1 Å². The van der Waals surface area contributed by atoms with E-state index in [0.29, 0.717) is 12.0 Å². The fourth-order valence-electron chi connectivity index (χ4n) is 4.07. The van der Waals surface area contributed by atoms with Gasteiger partial charge in [-0.3, -0.25) is 14.3 Å². The van der Waals surface area contributed by atoms with Crippen molar-refractivity contribution < 1.29 is 55.0 Å². The minimum absolute atomic E-state index is 0.104. The first kappa shape index (κ1) is 43.4. The van der Waals surface area contributed by atoms with Crippen LogP contribution in [-0.2, 0) is 33.5 Å². The lowest BCUT2D eigenvalue weighted by molar-refractivity contribution is -0.384. The molecule has 0 aliphatic heterocycles. The van der Waals surface area contributed by atoms with Gasteiger partial charge in [0.25, 0.3) is 15.8 Å². The molecular weight excluding hydrogens is 776 g/mol. The van der Waals surface area contributed by atoms with Crippen LogP contribution in [0.3, 0.4) is 0 Å². The van der Waals surface area contributed by atoms with Crippen molar-refractivity contribution in [1.82, 2.24) is 0 Å². The SMILES string of the molecule is CC[C@@H](OS(=O)(=O)c1ccc([N+](=O)[O-])cc1)[C@@H](F)[C@H](C=NOC)OC(=O)c1ccccc1.CC[C@H](Br)[C@@H](F)[C@H](C=NOC)OC(=O)c1ccccc1. The fraction of sp³-hybridized carbons (Fsp3) is 0.353. The number of nitro benzene ring substituents is 1. The molecule has 0 unspecified atom stereocenters. The van der Waals surface area contributed by atoms with E-state index >= 15 is 4.39 Å². The second-order valence-electron chi connectivity index (χ2n) is 10.4. The van der Waals surface area contributed by atoms with Crippen LogP contribution in [0.2, 0.25) is 0 Å². The molecule has 18 heteroatoms. The van der Waals surface area contributed by atoms with E-state index in [0.717, 1.165) is 36.7 Å². The van der Waals surface area contributed by atoms with Crippen molar-refractivity contribution in [2.45, 2.75) is 67.1 Å². The van der Waals surface area contributed by atoms with E-state index < -0.39 is 67.4 Å². The van der Waals surface area contributed by atoms with Crippen molar-refractivity contribution >= 4 is 56.1 Å². The first-order chi connectivity index (χ1) is 24.8. The van der Waals surface area contributed by atoms with Crippen LogP contribution in [0.25, 0.3) is 0 Å². The first-order valence-corrected chi connectivity index (χ1v) is 17.9. The fourth-order valence-corrected chi connectivity index (χ4v) is 5.52. The largest absolute Gasteiger partial charge is 0.450 e. The molecular formula is C34H38BrF2N3O11S. The number of benzene rings is 3. The number of halogens is 3. The lowest BCUT2D eigenvalue weighted by Crippen LogP contribution is -2.40. The van der Waals surface area contributed by atoms with Crippen LogP contribution in [0.1, 0.15) is 47.4 Å². The van der Waals surface area contributed by atoms with Gasteiger partial charge in [0.15, 0.2) is 24.6 Å². The highest BCUT2D eigenvalue weighted by Crippen LogP contribution is 2.24. The van der Waals surface area contributed by atoms with E-state index in [2.05, 4.69) is 35.9 Å². The molecule has 3 rings (SSSR count). The van der Waals surface area contributed by atoms with E-state index in [1.165, 1.54) is 33.3 Å². The maximum atomic E-state index is 15.2. The Hall–Kier alpha value is -4.81. The third kappa shape index (κ3) is 13.7. The highest BCUT2D eigenvalue weighted by Gasteiger charge is 2.36. The number of esters is 2. The summed E-state index contributed by atoms with van der Waals surface area (Å²) in [4.78, 5) is 42.5. The number of ether oxygens (including phenoxy) is 2. The Labute approximate surface area is 308 Å². The number of rotatable bonds is 18. The van der Waals surface area contributed by atoms with Crippen LogP contribution in [0.5, 0.6) is 0 Å². The minimum Gasteiger partial charge on any atom is -0.450 e. The summed E-state index contributed by atoms with van der Waals surface area (Å²) in [6.45, 7) is 3.31. The maximum absolute atomic E-state index is 15.2. The Balaban J connectivity index is 0.000000402. The van der Waals surface area contributed by atoms with Gasteiger partial charge in [0.1, 0.15) is 20.3 Å². The summed E-state index contributed by atoms with van der Waals surface area (Å²) in [6, 6.07) is 20.1. The maximum Gasteiger partial charge on any atom is 0.338 e. The Morgan fingerprint density at radius 3 is 1.62 bits per heavy atom. The molecule has 0 saturated carbocycles. The number of carbonyl (C=O) groups excluding carboxylic acids is 2. The van der Waals surface area contributed by atoms with E-state index in [4.69, 9.17) is 13.7 Å². The topological polar surface area (TPSA) is 182 Å². The zero-order valence-corrected chi connectivity index (χ0v) is 30.9. The second-order valence-corrected chi connectivity index (χ2v) is 13.2. The Bertz CT molecular complexity index is 1720. The molecule has 0 amide bonds. The predicted octanol–water partition coefficient (Wildman–Crippen LogP) is 6.63. The van der Waals surface area contributed by atoms with Gasteiger partial charge in [-0.1, -0.05) is 76.5 Å². The summed E-state index contributed by atoms with van der Waals surface area (Å²) in [5.74, 6) is -1.45. The van der Waals surface area contributed by atoms with Crippen LogP contribution < -0.4 is 0 Å². The monoisotopic (exact) mass is 813 g/mol. The molecule has 14 nitrogen and oxygen atoms in total. The molecule has 0 aromatic heterocycles. The highest BCUT2D eigenvalue weighted by molar-refractivity contribution is 9.09. The second kappa shape index (κ2) is 22.2. The molecule has 0 radical (unpaired) electrons. The number of nitrogens with zero attached hydrogens (tertiary/aromatic N) is 3. The normalized spacial score (nSPS) is 14.9. The predicted molar refractivity (Wildman–Crippen MR) is 191 cm³/mol. The van der Waals surface area contributed by atoms with E-state index in [1.54, 1.807) is 48.5 Å². The van der Waals surface area contributed by atoms with Gasteiger partial charge < -0.3 is 19.1 Å². The summed E-state index contributed by atoms with van der Waals surface area (Å²) in [7, 11) is -1.93. The van der Waals surface area contributed by atoms with Gasteiger partial charge in [-0.05, 0) is 49.2 Å². The van der Waals surface area contributed by atoms with Crippen molar-refractivity contribution in [3.63, 3.8) is 0 Å². The molecule has 0 bridgehead atoms. The molecule has 0 N–H and O–H groups in total. The summed E-state index contributed by atoms with van der Waals surface area (Å²) in [6.07, 6.45) is -5.31. The van der Waals surface area contributed by atoms with Crippen molar-refractivity contribution in [3.8, 4) is 0 Å². The third-order valence-corrected chi connectivity index (χ3v) is 9.34. The van der Waals surface area contributed by atoms with E-state index in [-0.39, 0.29) is 17.7 Å². The molecule has 0 saturated heterocycles. The summed E-state index contributed by atoms with van der Waals surface area (Å²) >= 11 is 3.21. The third-order valence-electron chi connectivity index (χ3n) is 6.84. The zero-order valence-electron chi connectivity index (χ0n) is 28.5. The van der Waals surface area contributed by atoms with Gasteiger partial charge in [0, 0.05) is 17.0 Å². The van der Waals surface area contributed by atoms with Crippen LogP contribution in [0.15, 0.2) is 100 Å². The number of hydrogen-bond acceptors (Lipinski definition) is 13. The Morgan fingerprint density at radius 1 is 0.788 bits per heavy atom. The molecule has 0 fully saturated rings. The molecule has 3 aromatic rings.